The molecule has 0 unspecified atom stereocenters. The van der Waals surface area contributed by atoms with E-state index in [2.05, 4.69) is 11.9 Å². The predicted octanol–water partition coefficient (Wildman–Crippen LogP) is 2.66. The Kier molecular flexibility index (Phi) is 4.55. The Morgan fingerprint density at radius 1 is 0.952 bits per heavy atom. The van der Waals surface area contributed by atoms with E-state index in [0.717, 1.165) is 0 Å². The Bertz CT molecular complexity index is 738. The smallest absolute Gasteiger partial charge is 0.252 e. The number of amides is 1. The molecule has 0 radical (unpaired) electrons. The van der Waals surface area contributed by atoms with Crippen molar-refractivity contribution in [1.29, 1.82) is 0 Å². The van der Waals surface area contributed by atoms with Gasteiger partial charge >= 0.3 is 0 Å². The lowest BCUT2D eigenvalue weighted by Crippen LogP contribution is -2.20. The van der Waals surface area contributed by atoms with Crippen LogP contribution in [0.5, 0.6) is 0 Å². The summed E-state index contributed by atoms with van der Waals surface area (Å²) in [4.78, 5) is 12.1. The largest absolute Gasteiger partial charge is 0.322 e. The zero-order valence-corrected chi connectivity index (χ0v) is 12.1. The molecule has 21 heavy (non-hydrogen) atoms. The fourth-order valence-corrected chi connectivity index (χ4v) is 3.08. The minimum absolute atomic E-state index is 0.00251. The number of hydrogen-bond donors (Lipinski definition) is 1. The van der Waals surface area contributed by atoms with Gasteiger partial charge in [0.25, 0.3) is 5.91 Å². The summed E-state index contributed by atoms with van der Waals surface area (Å²) in [6, 6.07) is 16.8. The van der Waals surface area contributed by atoms with Crippen molar-refractivity contribution in [2.45, 2.75) is 4.90 Å². The van der Waals surface area contributed by atoms with Crippen LogP contribution in [0.2, 0.25) is 0 Å². The number of para-hydroxylation sites is 1. The number of benzene rings is 2. The van der Waals surface area contributed by atoms with Gasteiger partial charge in [-0.2, -0.15) is 0 Å². The molecule has 2 aromatic carbocycles. The van der Waals surface area contributed by atoms with Crippen LogP contribution < -0.4 is 5.32 Å². The molecule has 1 amide bonds. The first kappa shape index (κ1) is 15.0. The standard InChI is InChI=1S/C16H15NO3S/c1-13(16(18)17-14-8-4-2-5-9-14)12-21(19,20)15-10-6-3-7-11-15/h2-11H,1,12H2,(H,17,18). The normalized spacial score (nSPS) is 10.9. The van der Waals surface area contributed by atoms with Crippen molar-refractivity contribution >= 4 is 21.4 Å². The molecule has 0 spiro atoms. The fourth-order valence-electron chi connectivity index (χ4n) is 1.75. The molecule has 2 rings (SSSR count). The lowest BCUT2D eigenvalue weighted by Gasteiger charge is -2.08. The minimum Gasteiger partial charge on any atom is -0.322 e. The van der Waals surface area contributed by atoms with Crippen molar-refractivity contribution in [3.63, 3.8) is 0 Å². The summed E-state index contributed by atoms with van der Waals surface area (Å²) in [7, 11) is -3.56. The Labute approximate surface area is 124 Å². The summed E-state index contributed by atoms with van der Waals surface area (Å²) in [6.45, 7) is 3.57. The molecule has 1 N–H and O–H groups in total. The summed E-state index contributed by atoms with van der Waals surface area (Å²) in [5.41, 5.74) is 0.600. The highest BCUT2D eigenvalue weighted by atomic mass is 32.2. The first-order valence-electron chi connectivity index (χ1n) is 6.31. The third-order valence-electron chi connectivity index (χ3n) is 2.82. The van der Waals surface area contributed by atoms with Crippen LogP contribution in [0.25, 0.3) is 0 Å². The van der Waals surface area contributed by atoms with Crippen LogP contribution in [0.15, 0.2) is 77.7 Å². The van der Waals surface area contributed by atoms with Crippen LogP contribution in [-0.4, -0.2) is 20.1 Å². The molecule has 0 aromatic heterocycles. The number of nitrogens with one attached hydrogen (secondary N) is 1. The van der Waals surface area contributed by atoms with Gasteiger partial charge in [0, 0.05) is 11.3 Å². The van der Waals surface area contributed by atoms with Crippen LogP contribution >= 0.6 is 0 Å². The first-order valence-corrected chi connectivity index (χ1v) is 7.96. The topological polar surface area (TPSA) is 63.2 Å². The molecule has 0 aliphatic heterocycles. The van der Waals surface area contributed by atoms with Gasteiger partial charge in [-0.25, -0.2) is 8.42 Å². The molecule has 0 fully saturated rings. The number of anilines is 1. The van der Waals surface area contributed by atoms with Crippen LogP contribution in [-0.2, 0) is 14.6 Å². The summed E-state index contributed by atoms with van der Waals surface area (Å²) in [6.07, 6.45) is 0. The van der Waals surface area contributed by atoms with E-state index in [1.807, 2.05) is 6.07 Å². The third kappa shape index (κ3) is 4.03. The Hall–Kier alpha value is -2.40. The first-order chi connectivity index (χ1) is 9.99. The van der Waals surface area contributed by atoms with Crippen molar-refractivity contribution < 1.29 is 13.2 Å². The molecule has 4 nitrogen and oxygen atoms in total. The molecule has 0 saturated carbocycles. The molecule has 0 aliphatic rings. The number of carbonyl (C=O) groups is 1. The van der Waals surface area contributed by atoms with Crippen LogP contribution in [0.3, 0.4) is 0 Å². The quantitative estimate of drug-likeness (QED) is 0.864. The predicted molar refractivity (Wildman–Crippen MR) is 82.7 cm³/mol. The van der Waals surface area contributed by atoms with Gasteiger partial charge in [0.2, 0.25) is 0 Å². The second-order valence-corrected chi connectivity index (χ2v) is 6.49. The maximum Gasteiger partial charge on any atom is 0.252 e. The van der Waals surface area contributed by atoms with E-state index in [4.69, 9.17) is 0 Å². The van der Waals surface area contributed by atoms with Crippen LogP contribution in [0.1, 0.15) is 0 Å². The molecule has 0 bridgehead atoms. The molecule has 5 heteroatoms. The van der Waals surface area contributed by atoms with Gasteiger partial charge in [-0.15, -0.1) is 0 Å². The highest BCUT2D eigenvalue weighted by Gasteiger charge is 2.19. The summed E-state index contributed by atoms with van der Waals surface area (Å²) in [5, 5.41) is 2.61. The van der Waals surface area contributed by atoms with E-state index in [9.17, 15) is 13.2 Å². The summed E-state index contributed by atoms with van der Waals surface area (Å²) < 4.78 is 24.3. The Morgan fingerprint density at radius 3 is 2.05 bits per heavy atom. The van der Waals surface area contributed by atoms with Crippen molar-refractivity contribution in [1.82, 2.24) is 0 Å². The van der Waals surface area contributed by atoms with Gasteiger partial charge in [0.05, 0.1) is 10.6 Å². The maximum atomic E-state index is 12.2. The van der Waals surface area contributed by atoms with Crippen LogP contribution in [0.4, 0.5) is 5.69 Å². The van der Waals surface area contributed by atoms with Gasteiger partial charge in [-0.05, 0) is 24.3 Å². The van der Waals surface area contributed by atoms with Gasteiger partial charge in [0.1, 0.15) is 0 Å². The Balaban J connectivity index is 2.06. The van der Waals surface area contributed by atoms with Gasteiger partial charge < -0.3 is 5.32 Å². The highest BCUT2D eigenvalue weighted by Crippen LogP contribution is 2.14. The average molecular weight is 301 g/mol. The highest BCUT2D eigenvalue weighted by molar-refractivity contribution is 7.91. The summed E-state index contributed by atoms with van der Waals surface area (Å²) in [5.74, 6) is -0.906. The van der Waals surface area contributed by atoms with E-state index in [-0.39, 0.29) is 10.5 Å². The molecule has 108 valence electrons. The zero-order chi connectivity index (χ0) is 15.3. The van der Waals surface area contributed by atoms with E-state index in [1.54, 1.807) is 42.5 Å². The van der Waals surface area contributed by atoms with Crippen molar-refractivity contribution in [3.8, 4) is 0 Å². The molecular formula is C16H15NO3S. The molecule has 0 heterocycles. The second-order valence-electron chi connectivity index (χ2n) is 4.50. The lowest BCUT2D eigenvalue weighted by molar-refractivity contribution is -0.112. The van der Waals surface area contributed by atoms with Gasteiger partial charge in [-0.3, -0.25) is 4.79 Å². The maximum absolute atomic E-state index is 12.2. The molecule has 0 saturated heterocycles. The zero-order valence-electron chi connectivity index (χ0n) is 11.3. The van der Waals surface area contributed by atoms with E-state index < -0.39 is 21.5 Å². The number of rotatable bonds is 5. The van der Waals surface area contributed by atoms with Crippen LogP contribution in [0, 0.1) is 0 Å². The van der Waals surface area contributed by atoms with Crippen molar-refractivity contribution in [3.05, 3.63) is 72.8 Å². The summed E-state index contributed by atoms with van der Waals surface area (Å²) >= 11 is 0. The van der Waals surface area contributed by atoms with Crippen molar-refractivity contribution in [2.75, 3.05) is 11.1 Å². The lowest BCUT2D eigenvalue weighted by atomic mass is 10.3. The fraction of sp³-hybridized carbons (Fsp3) is 0.0625. The number of sulfone groups is 1. The van der Waals surface area contributed by atoms with E-state index >= 15 is 0 Å². The molecule has 2 aromatic rings. The molecule has 0 atom stereocenters. The average Bonchev–Trinajstić information content (AvgIpc) is 2.48. The van der Waals surface area contributed by atoms with E-state index in [0.29, 0.717) is 5.69 Å². The Morgan fingerprint density at radius 2 is 1.48 bits per heavy atom. The second kappa shape index (κ2) is 6.37. The number of carbonyl (C=O) groups excluding carboxylic acids is 1. The van der Waals surface area contributed by atoms with Gasteiger partial charge in [-0.1, -0.05) is 43.0 Å². The van der Waals surface area contributed by atoms with E-state index in [1.165, 1.54) is 12.1 Å². The third-order valence-corrected chi connectivity index (χ3v) is 4.54. The monoisotopic (exact) mass is 301 g/mol. The SMILES string of the molecule is C=C(CS(=O)(=O)c1ccccc1)C(=O)Nc1ccccc1. The minimum atomic E-state index is -3.56. The molecule has 0 aliphatic carbocycles. The molecular weight excluding hydrogens is 286 g/mol. The number of hydrogen-bond acceptors (Lipinski definition) is 3. The van der Waals surface area contributed by atoms with Gasteiger partial charge in [0.15, 0.2) is 9.84 Å². The van der Waals surface area contributed by atoms with Crippen molar-refractivity contribution in [2.24, 2.45) is 0 Å².